The third kappa shape index (κ3) is 4.27. The van der Waals surface area contributed by atoms with Gasteiger partial charge in [-0.15, -0.1) is 0 Å². The van der Waals surface area contributed by atoms with Gasteiger partial charge < -0.3 is 10.2 Å². The summed E-state index contributed by atoms with van der Waals surface area (Å²) >= 11 is 5.65. The van der Waals surface area contributed by atoms with Crippen LogP contribution in [-0.4, -0.2) is 24.0 Å². The van der Waals surface area contributed by atoms with E-state index >= 15 is 0 Å². The zero-order chi connectivity index (χ0) is 18.7. The molecule has 1 saturated heterocycles. The number of nitrogens with one attached hydrogen (secondary N) is 1. The van der Waals surface area contributed by atoms with Gasteiger partial charge in [0.25, 0.3) is 5.91 Å². The van der Waals surface area contributed by atoms with Crippen LogP contribution in [-0.2, 0) is 6.18 Å². The molecule has 0 unspecified atom stereocenters. The number of alkyl halides is 3. The standard InChI is InChI=1S/C18H17ClF3N3O/c19-13-4-5-16(15(9-13)18(20,21)22)24-17(26)12-8-14(11-23-10-12)25-6-2-1-3-7-25/h4-5,8-11H,1-3,6-7H2,(H,24,26). The van der Waals surface area contributed by atoms with Gasteiger partial charge in [-0.05, 0) is 43.5 Å². The number of aromatic nitrogens is 1. The Balaban J connectivity index is 1.83. The summed E-state index contributed by atoms with van der Waals surface area (Å²) in [6.45, 7) is 1.75. The van der Waals surface area contributed by atoms with E-state index in [1.54, 1.807) is 12.3 Å². The average molecular weight is 384 g/mol. The van der Waals surface area contributed by atoms with Crippen LogP contribution >= 0.6 is 11.6 Å². The predicted molar refractivity (Wildman–Crippen MR) is 94.7 cm³/mol. The molecule has 1 aromatic carbocycles. The van der Waals surface area contributed by atoms with Crippen LogP contribution in [0.25, 0.3) is 0 Å². The molecule has 26 heavy (non-hydrogen) atoms. The molecule has 0 aliphatic carbocycles. The molecular formula is C18H17ClF3N3O. The van der Waals surface area contributed by atoms with Crippen molar-refractivity contribution >= 4 is 28.9 Å². The van der Waals surface area contributed by atoms with Gasteiger partial charge in [0.2, 0.25) is 0 Å². The number of pyridine rings is 1. The fraction of sp³-hybridized carbons (Fsp3) is 0.333. The van der Waals surface area contributed by atoms with Gasteiger partial charge in [0.05, 0.1) is 28.7 Å². The van der Waals surface area contributed by atoms with E-state index in [0.717, 1.165) is 43.8 Å². The third-order valence-electron chi connectivity index (χ3n) is 4.24. The van der Waals surface area contributed by atoms with Gasteiger partial charge in [-0.1, -0.05) is 11.6 Å². The Bertz CT molecular complexity index is 805. The fourth-order valence-electron chi connectivity index (χ4n) is 2.93. The first-order valence-electron chi connectivity index (χ1n) is 8.23. The maximum atomic E-state index is 13.2. The molecule has 138 valence electrons. The molecule has 3 rings (SSSR count). The molecule has 1 fully saturated rings. The van der Waals surface area contributed by atoms with E-state index in [0.29, 0.717) is 0 Å². The number of carbonyl (C=O) groups excluding carboxylic acids is 1. The van der Waals surface area contributed by atoms with E-state index in [1.807, 2.05) is 0 Å². The minimum Gasteiger partial charge on any atom is -0.370 e. The van der Waals surface area contributed by atoms with E-state index in [-0.39, 0.29) is 16.3 Å². The first kappa shape index (κ1) is 18.5. The van der Waals surface area contributed by atoms with Crippen molar-refractivity contribution in [1.82, 2.24) is 4.98 Å². The molecule has 0 spiro atoms. The molecule has 8 heteroatoms. The summed E-state index contributed by atoms with van der Waals surface area (Å²) in [5.41, 5.74) is -0.325. The summed E-state index contributed by atoms with van der Waals surface area (Å²) in [5.74, 6) is -0.649. The highest BCUT2D eigenvalue weighted by Gasteiger charge is 2.34. The quantitative estimate of drug-likeness (QED) is 0.811. The van der Waals surface area contributed by atoms with Gasteiger partial charge in [0.15, 0.2) is 0 Å². The normalized spacial score (nSPS) is 15.0. The van der Waals surface area contributed by atoms with Crippen LogP contribution < -0.4 is 10.2 Å². The highest BCUT2D eigenvalue weighted by molar-refractivity contribution is 6.30. The molecule has 0 atom stereocenters. The van der Waals surface area contributed by atoms with Crippen LogP contribution in [0.3, 0.4) is 0 Å². The first-order chi connectivity index (χ1) is 12.3. The number of hydrogen-bond donors (Lipinski definition) is 1. The minimum atomic E-state index is -4.62. The van der Waals surface area contributed by atoms with Crippen molar-refractivity contribution in [2.75, 3.05) is 23.3 Å². The lowest BCUT2D eigenvalue weighted by Crippen LogP contribution is -2.29. The summed E-state index contributed by atoms with van der Waals surface area (Å²) in [6, 6.07) is 4.89. The summed E-state index contributed by atoms with van der Waals surface area (Å²) in [5, 5.41) is 2.26. The molecule has 1 N–H and O–H groups in total. The van der Waals surface area contributed by atoms with Gasteiger partial charge in [0.1, 0.15) is 0 Å². The van der Waals surface area contributed by atoms with Gasteiger partial charge in [-0.3, -0.25) is 9.78 Å². The molecule has 4 nitrogen and oxygen atoms in total. The Hall–Kier alpha value is -2.28. The van der Waals surface area contributed by atoms with Crippen molar-refractivity contribution in [3.05, 3.63) is 52.8 Å². The lowest BCUT2D eigenvalue weighted by molar-refractivity contribution is -0.136. The van der Waals surface area contributed by atoms with Crippen molar-refractivity contribution in [2.45, 2.75) is 25.4 Å². The Morgan fingerprint density at radius 3 is 2.54 bits per heavy atom. The van der Waals surface area contributed by atoms with Crippen LogP contribution in [0.2, 0.25) is 5.02 Å². The minimum absolute atomic E-state index is 0.0518. The number of nitrogens with zero attached hydrogens (tertiary/aromatic N) is 2. The molecule has 1 aliphatic heterocycles. The fourth-order valence-corrected chi connectivity index (χ4v) is 3.10. The molecule has 2 aromatic rings. The second-order valence-electron chi connectivity index (χ2n) is 6.12. The van der Waals surface area contributed by atoms with Crippen molar-refractivity contribution in [1.29, 1.82) is 0 Å². The average Bonchev–Trinajstić information content (AvgIpc) is 2.63. The van der Waals surface area contributed by atoms with E-state index < -0.39 is 17.6 Å². The topological polar surface area (TPSA) is 45.2 Å². The molecule has 0 radical (unpaired) electrons. The van der Waals surface area contributed by atoms with Crippen LogP contribution in [0.4, 0.5) is 24.5 Å². The van der Waals surface area contributed by atoms with Gasteiger partial charge in [-0.25, -0.2) is 0 Å². The smallest absolute Gasteiger partial charge is 0.370 e. The zero-order valence-electron chi connectivity index (χ0n) is 13.8. The first-order valence-corrected chi connectivity index (χ1v) is 8.60. The Labute approximate surface area is 154 Å². The Morgan fingerprint density at radius 1 is 1.12 bits per heavy atom. The van der Waals surface area contributed by atoms with E-state index in [2.05, 4.69) is 15.2 Å². The summed E-state index contributed by atoms with van der Waals surface area (Å²) in [6.07, 6.45) is 1.67. The highest BCUT2D eigenvalue weighted by atomic mass is 35.5. The number of carbonyl (C=O) groups is 1. The highest BCUT2D eigenvalue weighted by Crippen LogP contribution is 2.36. The Kier molecular flexibility index (Phi) is 5.36. The molecule has 0 saturated carbocycles. The van der Waals surface area contributed by atoms with Gasteiger partial charge >= 0.3 is 6.18 Å². The Morgan fingerprint density at radius 2 is 1.85 bits per heavy atom. The summed E-state index contributed by atoms with van der Waals surface area (Å²) in [4.78, 5) is 18.6. The SMILES string of the molecule is O=C(Nc1ccc(Cl)cc1C(F)(F)F)c1cncc(N2CCCCC2)c1. The second-order valence-corrected chi connectivity index (χ2v) is 6.56. The number of halogens is 4. The van der Waals surface area contributed by atoms with Gasteiger partial charge in [-0.2, -0.15) is 13.2 Å². The monoisotopic (exact) mass is 383 g/mol. The number of anilines is 2. The summed E-state index contributed by atoms with van der Waals surface area (Å²) in [7, 11) is 0. The van der Waals surface area contributed by atoms with Crippen LogP contribution in [0, 0.1) is 0 Å². The van der Waals surface area contributed by atoms with Crippen molar-refractivity contribution < 1.29 is 18.0 Å². The molecule has 1 amide bonds. The van der Waals surface area contributed by atoms with E-state index in [4.69, 9.17) is 11.6 Å². The zero-order valence-corrected chi connectivity index (χ0v) is 14.6. The van der Waals surface area contributed by atoms with Gasteiger partial charge in [0, 0.05) is 24.3 Å². The maximum absolute atomic E-state index is 13.2. The van der Waals surface area contributed by atoms with Crippen molar-refractivity contribution in [3.8, 4) is 0 Å². The number of benzene rings is 1. The molecular weight excluding hydrogens is 367 g/mol. The number of rotatable bonds is 3. The van der Waals surface area contributed by atoms with Crippen molar-refractivity contribution in [3.63, 3.8) is 0 Å². The maximum Gasteiger partial charge on any atom is 0.418 e. The summed E-state index contributed by atoms with van der Waals surface area (Å²) < 4.78 is 39.5. The third-order valence-corrected chi connectivity index (χ3v) is 4.48. The van der Waals surface area contributed by atoms with Crippen molar-refractivity contribution in [2.24, 2.45) is 0 Å². The predicted octanol–water partition coefficient (Wildman–Crippen LogP) is 5.00. The molecule has 0 bridgehead atoms. The molecule has 2 heterocycles. The lowest BCUT2D eigenvalue weighted by Gasteiger charge is -2.28. The van der Waals surface area contributed by atoms with Crippen LogP contribution in [0.5, 0.6) is 0 Å². The van der Waals surface area contributed by atoms with E-state index in [9.17, 15) is 18.0 Å². The molecule has 1 aliphatic rings. The lowest BCUT2D eigenvalue weighted by atomic mass is 10.1. The second kappa shape index (κ2) is 7.53. The van der Waals surface area contributed by atoms with Crippen LogP contribution in [0.15, 0.2) is 36.7 Å². The largest absolute Gasteiger partial charge is 0.418 e. The number of amides is 1. The number of piperidine rings is 1. The van der Waals surface area contributed by atoms with E-state index in [1.165, 1.54) is 18.7 Å². The van der Waals surface area contributed by atoms with Crippen LogP contribution in [0.1, 0.15) is 35.2 Å². The molecule has 1 aromatic heterocycles. The number of hydrogen-bond acceptors (Lipinski definition) is 3.